The summed E-state index contributed by atoms with van der Waals surface area (Å²) in [4.78, 5) is 28.4. The topological polar surface area (TPSA) is 60.8 Å². The number of benzene rings is 2. The highest BCUT2D eigenvalue weighted by Gasteiger charge is 2.41. The molecule has 6 nitrogen and oxygen atoms in total. The van der Waals surface area contributed by atoms with Gasteiger partial charge in [-0.15, -0.1) is 0 Å². The van der Waals surface area contributed by atoms with Crippen molar-refractivity contribution in [2.45, 2.75) is 39.3 Å². The van der Waals surface area contributed by atoms with Crippen molar-refractivity contribution in [3.8, 4) is 0 Å². The van der Waals surface area contributed by atoms with Crippen molar-refractivity contribution in [3.63, 3.8) is 0 Å². The molecule has 1 unspecified atom stereocenters. The molecule has 2 aromatic carbocycles. The first-order chi connectivity index (χ1) is 15.8. The fourth-order valence-electron chi connectivity index (χ4n) is 4.63. The van der Waals surface area contributed by atoms with Crippen LogP contribution in [0.1, 0.15) is 65.2 Å². The minimum absolute atomic E-state index is 0.0472. The zero-order valence-corrected chi connectivity index (χ0v) is 20.2. The van der Waals surface area contributed by atoms with Gasteiger partial charge in [0.15, 0.2) is 0 Å². The first-order valence-corrected chi connectivity index (χ1v) is 11.7. The Morgan fingerprint density at radius 1 is 1.18 bits per heavy atom. The van der Waals surface area contributed by atoms with Crippen LogP contribution in [0.25, 0.3) is 10.9 Å². The number of aryl methyl sites for hydroxylation is 1. The first kappa shape index (κ1) is 23.3. The number of fused-ring (bicyclic) bond motifs is 2. The lowest BCUT2D eigenvalue weighted by molar-refractivity contribution is 0.0504. The van der Waals surface area contributed by atoms with E-state index in [1.54, 1.807) is 13.0 Å². The van der Waals surface area contributed by atoms with Crippen LogP contribution >= 0.6 is 11.6 Å². The molecule has 0 radical (unpaired) electrons. The van der Waals surface area contributed by atoms with Gasteiger partial charge in [0.25, 0.3) is 5.91 Å². The van der Waals surface area contributed by atoms with Gasteiger partial charge in [-0.05, 0) is 57.0 Å². The lowest BCUT2D eigenvalue weighted by Gasteiger charge is -2.26. The third-order valence-corrected chi connectivity index (χ3v) is 6.23. The molecule has 0 bridgehead atoms. The Labute approximate surface area is 199 Å². The largest absolute Gasteiger partial charge is 0.461 e. The second-order valence-electron chi connectivity index (χ2n) is 8.46. The smallest absolute Gasteiger partial charge is 0.355 e. The molecule has 0 fully saturated rings. The molecular formula is C26H29ClN2O4. The molecule has 3 aromatic rings. The van der Waals surface area contributed by atoms with E-state index in [9.17, 15) is 9.59 Å². The fraction of sp³-hybridized carbons (Fsp3) is 0.385. The third kappa shape index (κ3) is 4.25. The Hall–Kier alpha value is -2.83. The van der Waals surface area contributed by atoms with Crippen molar-refractivity contribution in [2.24, 2.45) is 7.05 Å². The number of esters is 1. The monoisotopic (exact) mass is 468 g/mol. The fourth-order valence-corrected chi connectivity index (χ4v) is 4.81. The van der Waals surface area contributed by atoms with Gasteiger partial charge in [-0.3, -0.25) is 4.79 Å². The van der Waals surface area contributed by atoms with Crippen molar-refractivity contribution in [3.05, 3.63) is 69.9 Å². The molecule has 0 spiro atoms. The van der Waals surface area contributed by atoms with Crippen LogP contribution in [-0.4, -0.2) is 47.2 Å². The molecule has 33 heavy (non-hydrogen) atoms. The normalized spacial score (nSPS) is 15.5. The van der Waals surface area contributed by atoms with Gasteiger partial charge in [-0.2, -0.15) is 0 Å². The quantitative estimate of drug-likeness (QED) is 0.329. The molecular weight excluding hydrogens is 440 g/mol. The summed E-state index contributed by atoms with van der Waals surface area (Å²) in [7, 11) is 1.84. The van der Waals surface area contributed by atoms with Gasteiger partial charge in [0.2, 0.25) is 0 Å². The number of halogens is 1. The minimum Gasteiger partial charge on any atom is -0.461 e. The number of hydrogen-bond donors (Lipinski definition) is 0. The van der Waals surface area contributed by atoms with E-state index in [0.717, 1.165) is 22.0 Å². The predicted octanol–water partition coefficient (Wildman–Crippen LogP) is 5.37. The second-order valence-corrected chi connectivity index (χ2v) is 8.90. The number of nitrogens with zero attached hydrogens (tertiary/aromatic N) is 2. The van der Waals surface area contributed by atoms with Gasteiger partial charge in [0.1, 0.15) is 5.69 Å². The number of rotatable bonds is 8. The van der Waals surface area contributed by atoms with Crippen LogP contribution in [0.2, 0.25) is 5.02 Å². The lowest BCUT2D eigenvalue weighted by atomic mass is 9.95. The Morgan fingerprint density at radius 2 is 1.94 bits per heavy atom. The SMILES string of the molecule is CCOC(=O)c1c(C2c3ccccc3C(=O)N2CCCOC(C)C)c2cc(Cl)ccc2n1C. The van der Waals surface area contributed by atoms with Crippen molar-refractivity contribution in [1.82, 2.24) is 9.47 Å². The third-order valence-electron chi connectivity index (χ3n) is 6.00. The standard InChI is InChI=1S/C26H29ClN2O4/c1-5-32-26(31)24-22(20-15-17(27)11-12-21(20)28(24)4)23-18-9-6-7-10-19(18)25(30)29(23)13-8-14-33-16(2)3/h6-7,9-12,15-16,23H,5,8,13-14H2,1-4H3. The predicted molar refractivity (Wildman–Crippen MR) is 129 cm³/mol. The van der Waals surface area contributed by atoms with Crippen LogP contribution in [-0.2, 0) is 16.5 Å². The van der Waals surface area contributed by atoms with E-state index in [1.165, 1.54) is 0 Å². The molecule has 7 heteroatoms. The average Bonchev–Trinajstić information content (AvgIpc) is 3.22. The van der Waals surface area contributed by atoms with Gasteiger partial charge in [0.05, 0.1) is 18.8 Å². The number of aromatic nitrogens is 1. The first-order valence-electron chi connectivity index (χ1n) is 11.3. The molecule has 1 amide bonds. The summed E-state index contributed by atoms with van der Waals surface area (Å²) in [5.41, 5.74) is 3.58. The maximum Gasteiger partial charge on any atom is 0.355 e. The van der Waals surface area contributed by atoms with Crippen molar-refractivity contribution in [1.29, 1.82) is 0 Å². The Kier molecular flexibility index (Phi) is 6.77. The average molecular weight is 469 g/mol. The van der Waals surface area contributed by atoms with Crippen LogP contribution in [0, 0.1) is 0 Å². The summed E-state index contributed by atoms with van der Waals surface area (Å²) in [6.45, 7) is 7.08. The van der Waals surface area contributed by atoms with Gasteiger partial charge in [-0.1, -0.05) is 29.8 Å². The van der Waals surface area contributed by atoms with Gasteiger partial charge < -0.3 is 18.9 Å². The maximum absolute atomic E-state index is 13.5. The molecule has 1 aliphatic rings. The number of hydrogen-bond acceptors (Lipinski definition) is 4. The summed E-state index contributed by atoms with van der Waals surface area (Å²) in [5, 5.41) is 1.41. The summed E-state index contributed by atoms with van der Waals surface area (Å²) < 4.78 is 13.0. The van der Waals surface area contributed by atoms with Crippen LogP contribution in [0.5, 0.6) is 0 Å². The van der Waals surface area contributed by atoms with Crippen LogP contribution in [0.3, 0.4) is 0 Å². The van der Waals surface area contributed by atoms with Gasteiger partial charge in [-0.25, -0.2) is 4.79 Å². The summed E-state index contributed by atoms with van der Waals surface area (Å²) in [5.74, 6) is -0.462. The zero-order valence-electron chi connectivity index (χ0n) is 19.4. The molecule has 2 heterocycles. The van der Waals surface area contributed by atoms with Crippen molar-refractivity contribution >= 4 is 34.4 Å². The van der Waals surface area contributed by atoms with Crippen molar-refractivity contribution < 1.29 is 19.1 Å². The molecule has 4 rings (SSSR count). The highest BCUT2D eigenvalue weighted by molar-refractivity contribution is 6.31. The molecule has 1 aromatic heterocycles. The lowest BCUT2D eigenvalue weighted by Crippen LogP contribution is -2.31. The second kappa shape index (κ2) is 9.57. The summed E-state index contributed by atoms with van der Waals surface area (Å²) >= 11 is 6.37. The number of amides is 1. The summed E-state index contributed by atoms with van der Waals surface area (Å²) in [6, 6.07) is 12.7. The molecule has 0 aliphatic carbocycles. The van der Waals surface area contributed by atoms with E-state index < -0.39 is 12.0 Å². The number of carbonyl (C=O) groups excluding carboxylic acids is 2. The van der Waals surface area contributed by atoms with Gasteiger partial charge >= 0.3 is 5.97 Å². The molecule has 174 valence electrons. The van der Waals surface area contributed by atoms with Crippen LogP contribution < -0.4 is 0 Å². The maximum atomic E-state index is 13.5. The van der Waals surface area contributed by atoms with E-state index in [-0.39, 0.29) is 18.6 Å². The Morgan fingerprint density at radius 3 is 2.67 bits per heavy atom. The Bertz CT molecular complexity index is 1200. The van der Waals surface area contributed by atoms with Gasteiger partial charge in [0, 0.05) is 47.3 Å². The van der Waals surface area contributed by atoms with E-state index >= 15 is 0 Å². The molecule has 0 saturated heterocycles. The molecule has 1 aliphatic heterocycles. The van der Waals surface area contributed by atoms with Crippen molar-refractivity contribution in [2.75, 3.05) is 19.8 Å². The van der Waals surface area contributed by atoms with E-state index in [0.29, 0.717) is 35.9 Å². The molecule has 0 N–H and O–H groups in total. The van der Waals surface area contributed by atoms with Crippen LogP contribution in [0.15, 0.2) is 42.5 Å². The highest BCUT2D eigenvalue weighted by Crippen LogP contribution is 2.44. The van der Waals surface area contributed by atoms with E-state index in [1.807, 2.05) is 66.8 Å². The van der Waals surface area contributed by atoms with E-state index in [2.05, 4.69) is 0 Å². The highest BCUT2D eigenvalue weighted by atomic mass is 35.5. The minimum atomic E-state index is -0.422. The van der Waals surface area contributed by atoms with E-state index in [4.69, 9.17) is 21.1 Å². The summed E-state index contributed by atoms with van der Waals surface area (Å²) in [6.07, 6.45) is 0.817. The molecule has 1 atom stereocenters. The van der Waals surface area contributed by atoms with Crippen LogP contribution in [0.4, 0.5) is 0 Å². The number of ether oxygens (including phenoxy) is 2. The zero-order chi connectivity index (χ0) is 23.7. The molecule has 0 saturated carbocycles. The Balaban J connectivity index is 1.89. The number of carbonyl (C=O) groups is 2.